The van der Waals surface area contributed by atoms with Crippen LogP contribution in [0.15, 0.2) is 18.5 Å². The third-order valence-electron chi connectivity index (χ3n) is 3.18. The van der Waals surface area contributed by atoms with E-state index in [1.54, 1.807) is 18.5 Å². The highest BCUT2D eigenvalue weighted by Crippen LogP contribution is 2.18. The summed E-state index contributed by atoms with van der Waals surface area (Å²) in [4.78, 5) is 12.5. The van der Waals surface area contributed by atoms with E-state index in [0.29, 0.717) is 11.9 Å². The first kappa shape index (κ1) is 13.3. The van der Waals surface area contributed by atoms with Gasteiger partial charge in [-0.05, 0) is 37.4 Å². The van der Waals surface area contributed by atoms with Crippen molar-refractivity contribution in [1.82, 2.24) is 24.7 Å². The number of hydrogen-bond acceptors (Lipinski definition) is 6. The van der Waals surface area contributed by atoms with Crippen LogP contribution in [-0.4, -0.2) is 43.5 Å². The van der Waals surface area contributed by atoms with Crippen LogP contribution in [0.2, 0.25) is 5.28 Å². The molecule has 8 heteroatoms. The molecule has 2 unspecified atom stereocenters. The summed E-state index contributed by atoms with van der Waals surface area (Å²) in [5.41, 5.74) is 0. The molecule has 0 radical (unpaired) electrons. The van der Waals surface area contributed by atoms with E-state index < -0.39 is 0 Å². The maximum Gasteiger partial charge on any atom is 0.256 e. The summed E-state index contributed by atoms with van der Waals surface area (Å²) in [6, 6.07) is 1.90. The van der Waals surface area contributed by atoms with Crippen LogP contribution in [0.3, 0.4) is 0 Å². The minimum Gasteiger partial charge on any atom is -0.376 e. The van der Waals surface area contributed by atoms with E-state index in [1.807, 2.05) is 6.92 Å². The minimum absolute atomic E-state index is 0.112. The predicted octanol–water partition coefficient (Wildman–Crippen LogP) is 1.69. The predicted molar refractivity (Wildman–Crippen MR) is 74.0 cm³/mol. The Bertz CT molecular complexity index is 569. The second kappa shape index (κ2) is 5.72. The number of aromatic nitrogens is 5. The first-order chi connectivity index (χ1) is 9.72. The minimum atomic E-state index is 0.112. The first-order valence-corrected chi connectivity index (χ1v) is 6.90. The fourth-order valence-electron chi connectivity index (χ4n) is 2.19. The zero-order valence-electron chi connectivity index (χ0n) is 11.0. The lowest BCUT2D eigenvalue weighted by atomic mass is 10.1. The fourth-order valence-corrected chi connectivity index (χ4v) is 2.34. The van der Waals surface area contributed by atoms with E-state index in [-0.39, 0.29) is 17.4 Å². The number of nitrogens with one attached hydrogen (secondary N) is 1. The van der Waals surface area contributed by atoms with Gasteiger partial charge in [0, 0.05) is 19.0 Å². The van der Waals surface area contributed by atoms with Gasteiger partial charge in [-0.3, -0.25) is 0 Å². The quantitative estimate of drug-likeness (QED) is 0.924. The largest absolute Gasteiger partial charge is 0.376 e. The van der Waals surface area contributed by atoms with Gasteiger partial charge in [-0.15, -0.1) is 0 Å². The average molecular weight is 295 g/mol. The Morgan fingerprint density at radius 1 is 1.45 bits per heavy atom. The van der Waals surface area contributed by atoms with E-state index in [2.05, 4.69) is 25.4 Å². The van der Waals surface area contributed by atoms with Crippen molar-refractivity contribution in [2.45, 2.75) is 31.9 Å². The molecule has 1 N–H and O–H groups in total. The smallest absolute Gasteiger partial charge is 0.256 e. The zero-order valence-corrected chi connectivity index (χ0v) is 11.8. The number of hydrogen-bond donors (Lipinski definition) is 1. The van der Waals surface area contributed by atoms with E-state index in [9.17, 15) is 0 Å². The summed E-state index contributed by atoms with van der Waals surface area (Å²) in [6.07, 6.45) is 5.71. The monoisotopic (exact) mass is 294 g/mol. The van der Waals surface area contributed by atoms with Gasteiger partial charge in [-0.25, -0.2) is 4.68 Å². The van der Waals surface area contributed by atoms with Crippen molar-refractivity contribution < 1.29 is 4.74 Å². The number of nitrogens with zero attached hydrogens (tertiary/aromatic N) is 5. The van der Waals surface area contributed by atoms with Crippen molar-refractivity contribution >= 4 is 17.5 Å². The Kier molecular flexibility index (Phi) is 3.79. The van der Waals surface area contributed by atoms with Crippen molar-refractivity contribution in [3.05, 3.63) is 23.7 Å². The van der Waals surface area contributed by atoms with Crippen LogP contribution in [0.4, 0.5) is 5.95 Å². The van der Waals surface area contributed by atoms with E-state index in [0.717, 1.165) is 19.4 Å². The third kappa shape index (κ3) is 2.88. The molecule has 3 rings (SSSR count). The van der Waals surface area contributed by atoms with Crippen LogP contribution in [-0.2, 0) is 4.74 Å². The van der Waals surface area contributed by atoms with Gasteiger partial charge in [0.15, 0.2) is 0 Å². The maximum absolute atomic E-state index is 5.94. The van der Waals surface area contributed by atoms with Gasteiger partial charge in [0.25, 0.3) is 5.95 Å². The summed E-state index contributed by atoms with van der Waals surface area (Å²) in [5, 5.41) is 7.42. The molecule has 1 aliphatic heterocycles. The molecule has 0 bridgehead atoms. The fraction of sp³-hybridized carbons (Fsp3) is 0.500. The average Bonchev–Trinajstić information content (AvgIpc) is 3.12. The molecule has 20 heavy (non-hydrogen) atoms. The summed E-state index contributed by atoms with van der Waals surface area (Å²) < 4.78 is 7.17. The Balaban J connectivity index is 1.79. The Labute approximate surface area is 121 Å². The number of ether oxygens (including phenoxy) is 1. The van der Waals surface area contributed by atoms with Gasteiger partial charge in [0.05, 0.1) is 12.1 Å². The highest BCUT2D eigenvalue weighted by Gasteiger charge is 2.23. The van der Waals surface area contributed by atoms with Gasteiger partial charge in [-0.2, -0.15) is 20.1 Å². The van der Waals surface area contributed by atoms with Gasteiger partial charge in [-0.1, -0.05) is 0 Å². The summed E-state index contributed by atoms with van der Waals surface area (Å²) in [5.74, 6) is 0.815. The SMILES string of the molecule is CC(Nc1nc(Cl)nc(-n2cccn2)n1)C1CCCO1. The first-order valence-electron chi connectivity index (χ1n) is 6.52. The Hall–Kier alpha value is -1.73. The van der Waals surface area contributed by atoms with E-state index >= 15 is 0 Å². The molecular weight excluding hydrogens is 280 g/mol. The van der Waals surface area contributed by atoms with Gasteiger partial charge in [0.1, 0.15) is 0 Å². The molecule has 2 aromatic rings. The van der Waals surface area contributed by atoms with Gasteiger partial charge >= 0.3 is 0 Å². The molecule has 106 valence electrons. The molecule has 0 aliphatic carbocycles. The van der Waals surface area contributed by atoms with Crippen LogP contribution < -0.4 is 5.32 Å². The molecule has 7 nitrogen and oxygen atoms in total. The molecule has 1 aliphatic rings. The molecule has 1 saturated heterocycles. The van der Waals surface area contributed by atoms with E-state index in [1.165, 1.54) is 4.68 Å². The Morgan fingerprint density at radius 3 is 3.05 bits per heavy atom. The molecule has 0 amide bonds. The number of rotatable bonds is 4. The van der Waals surface area contributed by atoms with Crippen molar-refractivity contribution in [2.24, 2.45) is 0 Å². The van der Waals surface area contributed by atoms with E-state index in [4.69, 9.17) is 16.3 Å². The highest BCUT2D eigenvalue weighted by molar-refractivity contribution is 6.28. The van der Waals surface area contributed by atoms with Crippen LogP contribution in [0.25, 0.3) is 5.95 Å². The highest BCUT2D eigenvalue weighted by atomic mass is 35.5. The molecule has 0 spiro atoms. The standard InChI is InChI=1S/C12H15ClN6O/c1-8(9-4-2-7-20-9)15-11-16-10(13)17-12(18-11)19-6-3-5-14-19/h3,5-6,8-9H,2,4,7H2,1H3,(H,15,16,17,18). The normalized spacial score (nSPS) is 20.0. The molecular formula is C12H15ClN6O. The lowest BCUT2D eigenvalue weighted by Gasteiger charge is -2.19. The lowest BCUT2D eigenvalue weighted by molar-refractivity contribution is 0.0994. The summed E-state index contributed by atoms with van der Waals surface area (Å²) in [7, 11) is 0. The van der Waals surface area contributed by atoms with Crippen molar-refractivity contribution in [2.75, 3.05) is 11.9 Å². The van der Waals surface area contributed by atoms with Crippen LogP contribution in [0, 0.1) is 0 Å². The molecule has 0 aromatic carbocycles. The lowest BCUT2D eigenvalue weighted by Crippen LogP contribution is -2.31. The molecule has 2 atom stereocenters. The molecule has 1 fully saturated rings. The van der Waals surface area contributed by atoms with Gasteiger partial charge in [0.2, 0.25) is 11.2 Å². The van der Waals surface area contributed by atoms with Crippen LogP contribution >= 0.6 is 11.6 Å². The Morgan fingerprint density at radius 2 is 2.35 bits per heavy atom. The zero-order chi connectivity index (χ0) is 13.9. The van der Waals surface area contributed by atoms with Crippen molar-refractivity contribution in [3.8, 4) is 5.95 Å². The topological polar surface area (TPSA) is 77.8 Å². The van der Waals surface area contributed by atoms with Crippen molar-refractivity contribution in [1.29, 1.82) is 0 Å². The van der Waals surface area contributed by atoms with Crippen LogP contribution in [0.1, 0.15) is 19.8 Å². The molecule has 0 saturated carbocycles. The van der Waals surface area contributed by atoms with Gasteiger partial charge < -0.3 is 10.1 Å². The number of halogens is 1. The summed E-state index contributed by atoms with van der Waals surface area (Å²) in [6.45, 7) is 2.86. The second-order valence-electron chi connectivity index (χ2n) is 4.66. The molecule has 2 aromatic heterocycles. The molecule has 3 heterocycles. The van der Waals surface area contributed by atoms with Crippen LogP contribution in [0.5, 0.6) is 0 Å². The summed E-state index contributed by atoms with van der Waals surface area (Å²) >= 11 is 5.94. The third-order valence-corrected chi connectivity index (χ3v) is 3.35. The second-order valence-corrected chi connectivity index (χ2v) is 5.00. The van der Waals surface area contributed by atoms with Crippen molar-refractivity contribution in [3.63, 3.8) is 0 Å². The number of anilines is 1. The maximum atomic E-state index is 5.94.